The monoisotopic (exact) mass is 156 g/mol. The molecule has 0 aromatic heterocycles. The zero-order chi connectivity index (χ0) is 7.94. The van der Waals surface area contributed by atoms with Crippen LogP contribution >= 0.6 is 0 Å². The molecule has 1 rings (SSSR count). The molecule has 0 radical (unpaired) electrons. The molecule has 64 valence electrons. The maximum atomic E-state index is 5.41. The van der Waals surface area contributed by atoms with E-state index in [0.29, 0.717) is 6.61 Å². The van der Waals surface area contributed by atoms with E-state index in [1.165, 1.54) is 12.8 Å². The number of allylic oxidation sites excluding steroid dienone is 1. The second-order valence-corrected chi connectivity index (χ2v) is 2.70. The summed E-state index contributed by atoms with van der Waals surface area (Å²) in [6, 6.07) is 0. The van der Waals surface area contributed by atoms with Gasteiger partial charge in [0.2, 0.25) is 0 Å². The minimum Gasteiger partial charge on any atom is -0.353 e. The summed E-state index contributed by atoms with van der Waals surface area (Å²) < 4.78 is 10.8. The average Bonchev–Trinajstić information content (AvgIpc) is 2.07. The predicted molar refractivity (Wildman–Crippen MR) is 44.4 cm³/mol. The molecule has 0 aromatic rings. The van der Waals surface area contributed by atoms with Gasteiger partial charge in [0.1, 0.15) is 0 Å². The molecule has 0 aliphatic carbocycles. The second kappa shape index (κ2) is 5.33. The van der Waals surface area contributed by atoms with Crippen LogP contribution in [-0.4, -0.2) is 19.5 Å². The molecule has 2 nitrogen and oxygen atoms in total. The van der Waals surface area contributed by atoms with Gasteiger partial charge >= 0.3 is 0 Å². The van der Waals surface area contributed by atoms with Gasteiger partial charge in [0.05, 0.1) is 6.61 Å². The van der Waals surface area contributed by atoms with E-state index in [1.54, 1.807) is 0 Å². The quantitative estimate of drug-likeness (QED) is 0.582. The van der Waals surface area contributed by atoms with Gasteiger partial charge in [0, 0.05) is 6.61 Å². The molecule has 1 atom stereocenters. The summed E-state index contributed by atoms with van der Waals surface area (Å²) in [5.41, 5.74) is 0. The lowest BCUT2D eigenvalue weighted by atomic mass is 10.2. The first-order valence-electron chi connectivity index (χ1n) is 4.28. The fourth-order valence-corrected chi connectivity index (χ4v) is 1.10. The fraction of sp³-hybridized carbons (Fsp3) is 0.778. The molecule has 2 heteroatoms. The van der Waals surface area contributed by atoms with E-state index in [0.717, 1.165) is 13.0 Å². The van der Waals surface area contributed by atoms with Crippen molar-refractivity contribution in [2.24, 2.45) is 0 Å². The molecule has 0 aromatic carbocycles. The van der Waals surface area contributed by atoms with Crippen molar-refractivity contribution in [1.82, 2.24) is 0 Å². The Morgan fingerprint density at radius 2 is 2.45 bits per heavy atom. The second-order valence-electron chi connectivity index (χ2n) is 2.70. The van der Waals surface area contributed by atoms with Gasteiger partial charge in [-0.05, 0) is 26.2 Å². The number of ether oxygens (including phenoxy) is 2. The first-order chi connectivity index (χ1) is 5.43. The molecule has 1 fully saturated rings. The van der Waals surface area contributed by atoms with Crippen molar-refractivity contribution in [3.63, 3.8) is 0 Å². The highest BCUT2D eigenvalue weighted by Gasteiger charge is 2.12. The Labute approximate surface area is 68.2 Å². The van der Waals surface area contributed by atoms with E-state index in [-0.39, 0.29) is 6.29 Å². The summed E-state index contributed by atoms with van der Waals surface area (Å²) >= 11 is 0. The standard InChI is InChI=1S/C9H16O2/c1-2-3-7-10-9-6-4-5-8-11-9/h2-3,9H,4-8H2,1H3/b3-2+. The lowest BCUT2D eigenvalue weighted by Crippen LogP contribution is -2.22. The van der Waals surface area contributed by atoms with Crippen LogP contribution in [0.25, 0.3) is 0 Å². The molecule has 0 saturated carbocycles. The Kier molecular flexibility index (Phi) is 4.24. The number of rotatable bonds is 3. The van der Waals surface area contributed by atoms with Crippen molar-refractivity contribution in [3.05, 3.63) is 12.2 Å². The van der Waals surface area contributed by atoms with Crippen LogP contribution < -0.4 is 0 Å². The van der Waals surface area contributed by atoms with E-state index >= 15 is 0 Å². The molecule has 0 spiro atoms. The van der Waals surface area contributed by atoms with Crippen LogP contribution in [0.3, 0.4) is 0 Å². The van der Waals surface area contributed by atoms with Crippen molar-refractivity contribution in [2.75, 3.05) is 13.2 Å². The van der Waals surface area contributed by atoms with Crippen LogP contribution in [0.4, 0.5) is 0 Å². The molecule has 0 N–H and O–H groups in total. The fourth-order valence-electron chi connectivity index (χ4n) is 1.10. The summed E-state index contributed by atoms with van der Waals surface area (Å²) in [5, 5.41) is 0. The van der Waals surface area contributed by atoms with Gasteiger partial charge in [-0.1, -0.05) is 12.2 Å². The Morgan fingerprint density at radius 3 is 3.09 bits per heavy atom. The minimum atomic E-state index is 0.0555. The molecule has 0 amide bonds. The lowest BCUT2D eigenvalue weighted by molar-refractivity contribution is -0.155. The zero-order valence-corrected chi connectivity index (χ0v) is 7.08. The summed E-state index contributed by atoms with van der Waals surface area (Å²) in [6.07, 6.45) is 7.52. The number of hydrogen-bond acceptors (Lipinski definition) is 2. The van der Waals surface area contributed by atoms with E-state index in [1.807, 2.05) is 19.1 Å². The van der Waals surface area contributed by atoms with Crippen molar-refractivity contribution in [3.8, 4) is 0 Å². The lowest BCUT2D eigenvalue weighted by Gasteiger charge is -2.21. The van der Waals surface area contributed by atoms with Gasteiger partial charge in [0.15, 0.2) is 6.29 Å². The van der Waals surface area contributed by atoms with E-state index in [9.17, 15) is 0 Å². The Balaban J connectivity index is 2.04. The van der Waals surface area contributed by atoms with Gasteiger partial charge < -0.3 is 9.47 Å². The topological polar surface area (TPSA) is 18.5 Å². The molecular weight excluding hydrogens is 140 g/mol. The first-order valence-corrected chi connectivity index (χ1v) is 4.28. The van der Waals surface area contributed by atoms with E-state index in [2.05, 4.69) is 0 Å². The van der Waals surface area contributed by atoms with Crippen LogP contribution in [0.2, 0.25) is 0 Å². The summed E-state index contributed by atoms with van der Waals surface area (Å²) in [5.74, 6) is 0. The van der Waals surface area contributed by atoms with Crippen LogP contribution in [0.1, 0.15) is 26.2 Å². The van der Waals surface area contributed by atoms with Gasteiger partial charge in [-0.3, -0.25) is 0 Å². The van der Waals surface area contributed by atoms with Gasteiger partial charge in [-0.15, -0.1) is 0 Å². The van der Waals surface area contributed by atoms with Crippen LogP contribution in [0.5, 0.6) is 0 Å². The highest BCUT2D eigenvalue weighted by molar-refractivity contribution is 4.76. The van der Waals surface area contributed by atoms with Crippen LogP contribution in [0, 0.1) is 0 Å². The maximum Gasteiger partial charge on any atom is 0.157 e. The van der Waals surface area contributed by atoms with Crippen molar-refractivity contribution >= 4 is 0 Å². The first kappa shape index (κ1) is 8.75. The van der Waals surface area contributed by atoms with Crippen molar-refractivity contribution < 1.29 is 9.47 Å². The normalized spacial score (nSPS) is 26.1. The third kappa shape index (κ3) is 3.54. The molecule has 1 unspecified atom stereocenters. The maximum absolute atomic E-state index is 5.41. The largest absolute Gasteiger partial charge is 0.353 e. The molecule has 1 aliphatic rings. The van der Waals surface area contributed by atoms with E-state index < -0.39 is 0 Å². The predicted octanol–water partition coefficient (Wildman–Crippen LogP) is 2.11. The zero-order valence-electron chi connectivity index (χ0n) is 7.08. The van der Waals surface area contributed by atoms with Gasteiger partial charge in [0.25, 0.3) is 0 Å². The highest BCUT2D eigenvalue weighted by atomic mass is 16.7. The van der Waals surface area contributed by atoms with E-state index in [4.69, 9.17) is 9.47 Å². The van der Waals surface area contributed by atoms with Crippen molar-refractivity contribution in [2.45, 2.75) is 32.5 Å². The van der Waals surface area contributed by atoms with Gasteiger partial charge in [-0.25, -0.2) is 0 Å². The number of hydrogen-bond donors (Lipinski definition) is 0. The molecule has 1 saturated heterocycles. The molecule has 1 aliphatic heterocycles. The van der Waals surface area contributed by atoms with Crippen molar-refractivity contribution in [1.29, 1.82) is 0 Å². The third-order valence-electron chi connectivity index (χ3n) is 1.75. The highest BCUT2D eigenvalue weighted by Crippen LogP contribution is 2.13. The minimum absolute atomic E-state index is 0.0555. The Hall–Kier alpha value is -0.340. The third-order valence-corrected chi connectivity index (χ3v) is 1.75. The molecule has 11 heavy (non-hydrogen) atoms. The molecule has 0 bridgehead atoms. The SMILES string of the molecule is C/C=C/COC1CCCCO1. The summed E-state index contributed by atoms with van der Waals surface area (Å²) in [6.45, 7) is 3.53. The summed E-state index contributed by atoms with van der Waals surface area (Å²) in [7, 11) is 0. The Morgan fingerprint density at radius 1 is 1.55 bits per heavy atom. The van der Waals surface area contributed by atoms with Crippen LogP contribution in [-0.2, 0) is 9.47 Å². The van der Waals surface area contributed by atoms with Gasteiger partial charge in [-0.2, -0.15) is 0 Å². The Bertz CT molecular complexity index is 115. The van der Waals surface area contributed by atoms with Crippen LogP contribution in [0.15, 0.2) is 12.2 Å². The molecule has 1 heterocycles. The molecular formula is C9H16O2. The average molecular weight is 156 g/mol. The smallest absolute Gasteiger partial charge is 0.157 e. The summed E-state index contributed by atoms with van der Waals surface area (Å²) in [4.78, 5) is 0.